The van der Waals surface area contributed by atoms with Gasteiger partial charge in [0, 0.05) is 12.6 Å². The normalized spacial score (nSPS) is 21.2. The lowest BCUT2D eigenvalue weighted by molar-refractivity contribution is 0.415. The fourth-order valence-corrected chi connectivity index (χ4v) is 3.28. The van der Waals surface area contributed by atoms with Crippen LogP contribution < -0.4 is 5.32 Å². The standard InChI is InChI=1S/C13H19NS/c1-9-7-15-8-12(9)6-14-13(10-2-3-10)11-4-5-11/h7-8,10-11,13-14H,2-6H2,1H3. The van der Waals surface area contributed by atoms with Crippen molar-refractivity contribution in [3.05, 3.63) is 21.9 Å². The van der Waals surface area contributed by atoms with Gasteiger partial charge in [0.15, 0.2) is 0 Å². The summed E-state index contributed by atoms with van der Waals surface area (Å²) in [4.78, 5) is 0. The Morgan fingerprint density at radius 3 is 2.40 bits per heavy atom. The smallest absolute Gasteiger partial charge is 0.0219 e. The summed E-state index contributed by atoms with van der Waals surface area (Å²) in [5.74, 6) is 2.02. The molecule has 0 unspecified atom stereocenters. The molecule has 0 spiro atoms. The molecule has 2 fully saturated rings. The van der Waals surface area contributed by atoms with Gasteiger partial charge in [0.25, 0.3) is 0 Å². The van der Waals surface area contributed by atoms with Gasteiger partial charge in [0.2, 0.25) is 0 Å². The molecular weight excluding hydrogens is 202 g/mol. The molecule has 1 aromatic heterocycles. The van der Waals surface area contributed by atoms with Gasteiger partial charge in [0.05, 0.1) is 0 Å². The number of rotatable bonds is 5. The third kappa shape index (κ3) is 2.26. The molecule has 2 saturated carbocycles. The summed E-state index contributed by atoms with van der Waals surface area (Å²) >= 11 is 1.83. The van der Waals surface area contributed by atoms with Crippen LogP contribution in [0.3, 0.4) is 0 Å². The Morgan fingerprint density at radius 1 is 1.27 bits per heavy atom. The van der Waals surface area contributed by atoms with Crippen molar-refractivity contribution in [3.8, 4) is 0 Å². The van der Waals surface area contributed by atoms with Gasteiger partial charge in [-0.2, -0.15) is 11.3 Å². The highest BCUT2D eigenvalue weighted by Gasteiger charge is 2.40. The molecule has 0 amide bonds. The summed E-state index contributed by atoms with van der Waals surface area (Å²) in [6.45, 7) is 3.31. The van der Waals surface area contributed by atoms with Gasteiger partial charge in [-0.1, -0.05) is 0 Å². The van der Waals surface area contributed by atoms with E-state index in [1.54, 1.807) is 0 Å². The molecule has 2 aliphatic rings. The van der Waals surface area contributed by atoms with Gasteiger partial charge in [-0.15, -0.1) is 0 Å². The van der Waals surface area contributed by atoms with E-state index in [9.17, 15) is 0 Å². The molecule has 2 aliphatic carbocycles. The maximum atomic E-state index is 3.79. The number of hydrogen-bond acceptors (Lipinski definition) is 2. The molecule has 82 valence electrons. The minimum absolute atomic E-state index is 0.837. The zero-order chi connectivity index (χ0) is 10.3. The number of nitrogens with one attached hydrogen (secondary N) is 1. The monoisotopic (exact) mass is 221 g/mol. The van der Waals surface area contributed by atoms with Crippen LogP contribution in [0.15, 0.2) is 10.8 Å². The molecule has 1 N–H and O–H groups in total. The van der Waals surface area contributed by atoms with Crippen LogP contribution in [0.5, 0.6) is 0 Å². The largest absolute Gasteiger partial charge is 0.309 e. The number of aryl methyl sites for hydroxylation is 1. The van der Waals surface area contributed by atoms with Crippen molar-refractivity contribution in [1.29, 1.82) is 0 Å². The van der Waals surface area contributed by atoms with E-state index in [-0.39, 0.29) is 0 Å². The van der Waals surface area contributed by atoms with Crippen LogP contribution in [-0.2, 0) is 6.54 Å². The molecule has 0 atom stereocenters. The van der Waals surface area contributed by atoms with E-state index in [1.807, 2.05) is 11.3 Å². The van der Waals surface area contributed by atoms with Crippen molar-refractivity contribution in [2.24, 2.45) is 11.8 Å². The van der Waals surface area contributed by atoms with Gasteiger partial charge >= 0.3 is 0 Å². The Hall–Kier alpha value is -0.340. The first kappa shape index (κ1) is 9.86. The molecular formula is C13H19NS. The molecule has 2 heteroatoms. The summed E-state index contributed by atoms with van der Waals surface area (Å²) in [5, 5.41) is 8.33. The Morgan fingerprint density at radius 2 is 1.93 bits per heavy atom. The zero-order valence-electron chi connectivity index (χ0n) is 9.33. The SMILES string of the molecule is Cc1cscc1CNC(C1CC1)C1CC1. The van der Waals surface area contributed by atoms with Crippen molar-refractivity contribution in [3.63, 3.8) is 0 Å². The van der Waals surface area contributed by atoms with E-state index in [0.29, 0.717) is 0 Å². The van der Waals surface area contributed by atoms with Crippen LogP contribution in [0.4, 0.5) is 0 Å². The molecule has 0 radical (unpaired) electrons. The van der Waals surface area contributed by atoms with Gasteiger partial charge in [-0.05, 0) is 66.3 Å². The highest BCUT2D eigenvalue weighted by Crippen LogP contribution is 2.44. The molecule has 3 rings (SSSR count). The first-order chi connectivity index (χ1) is 7.34. The maximum absolute atomic E-state index is 3.79. The predicted octanol–water partition coefficient (Wildman–Crippen LogP) is 3.33. The van der Waals surface area contributed by atoms with E-state index in [4.69, 9.17) is 0 Å². The minimum atomic E-state index is 0.837. The summed E-state index contributed by atoms with van der Waals surface area (Å²) in [6.07, 6.45) is 5.88. The summed E-state index contributed by atoms with van der Waals surface area (Å²) in [7, 11) is 0. The fourth-order valence-electron chi connectivity index (χ4n) is 2.42. The van der Waals surface area contributed by atoms with Crippen molar-refractivity contribution in [1.82, 2.24) is 5.32 Å². The summed E-state index contributed by atoms with van der Waals surface area (Å²) in [6, 6.07) is 0.837. The first-order valence-electron chi connectivity index (χ1n) is 6.09. The van der Waals surface area contributed by atoms with Gasteiger partial charge in [-0.3, -0.25) is 0 Å². The lowest BCUT2D eigenvalue weighted by atomic mass is 10.1. The van der Waals surface area contributed by atoms with Crippen LogP contribution in [0.1, 0.15) is 36.8 Å². The minimum Gasteiger partial charge on any atom is -0.309 e. The maximum Gasteiger partial charge on any atom is 0.0219 e. The molecule has 0 saturated heterocycles. The highest BCUT2D eigenvalue weighted by atomic mass is 32.1. The fraction of sp³-hybridized carbons (Fsp3) is 0.692. The molecule has 0 aliphatic heterocycles. The average Bonchev–Trinajstić information content (AvgIpc) is 3.11. The number of hydrogen-bond donors (Lipinski definition) is 1. The summed E-state index contributed by atoms with van der Waals surface area (Å²) < 4.78 is 0. The van der Waals surface area contributed by atoms with E-state index >= 15 is 0 Å². The lowest BCUT2D eigenvalue weighted by Gasteiger charge is -2.17. The topological polar surface area (TPSA) is 12.0 Å². The Balaban J connectivity index is 1.57. The molecule has 1 nitrogen and oxygen atoms in total. The van der Waals surface area contributed by atoms with E-state index in [0.717, 1.165) is 24.4 Å². The second kappa shape index (κ2) is 3.91. The first-order valence-corrected chi connectivity index (χ1v) is 7.04. The second-order valence-electron chi connectivity index (χ2n) is 5.16. The average molecular weight is 221 g/mol. The van der Waals surface area contributed by atoms with E-state index < -0.39 is 0 Å². The van der Waals surface area contributed by atoms with Crippen molar-refractivity contribution in [2.75, 3.05) is 0 Å². The molecule has 0 aromatic carbocycles. The van der Waals surface area contributed by atoms with E-state index in [1.165, 1.54) is 36.8 Å². The molecule has 1 aromatic rings. The molecule has 15 heavy (non-hydrogen) atoms. The van der Waals surface area contributed by atoms with Gasteiger partial charge in [-0.25, -0.2) is 0 Å². The van der Waals surface area contributed by atoms with Crippen LogP contribution in [0.25, 0.3) is 0 Å². The second-order valence-corrected chi connectivity index (χ2v) is 5.91. The summed E-state index contributed by atoms with van der Waals surface area (Å²) in [5.41, 5.74) is 2.96. The Labute approximate surface area is 95.9 Å². The van der Waals surface area contributed by atoms with E-state index in [2.05, 4.69) is 23.0 Å². The van der Waals surface area contributed by atoms with Crippen LogP contribution >= 0.6 is 11.3 Å². The van der Waals surface area contributed by atoms with Crippen LogP contribution in [-0.4, -0.2) is 6.04 Å². The lowest BCUT2D eigenvalue weighted by Crippen LogP contribution is -2.32. The Bertz CT molecular complexity index is 324. The third-order valence-electron chi connectivity index (χ3n) is 3.75. The highest BCUT2D eigenvalue weighted by molar-refractivity contribution is 7.08. The van der Waals surface area contributed by atoms with Crippen molar-refractivity contribution >= 4 is 11.3 Å². The molecule has 1 heterocycles. The van der Waals surface area contributed by atoms with Crippen LogP contribution in [0.2, 0.25) is 0 Å². The molecule has 0 bridgehead atoms. The predicted molar refractivity (Wildman–Crippen MR) is 65.1 cm³/mol. The zero-order valence-corrected chi connectivity index (χ0v) is 10.1. The van der Waals surface area contributed by atoms with Gasteiger partial charge in [0.1, 0.15) is 0 Å². The van der Waals surface area contributed by atoms with Crippen molar-refractivity contribution < 1.29 is 0 Å². The quantitative estimate of drug-likeness (QED) is 0.804. The van der Waals surface area contributed by atoms with Crippen molar-refractivity contribution in [2.45, 2.75) is 45.2 Å². The number of thiophene rings is 1. The van der Waals surface area contributed by atoms with Crippen LogP contribution in [0, 0.1) is 18.8 Å². The van der Waals surface area contributed by atoms with Gasteiger partial charge < -0.3 is 5.32 Å². The third-order valence-corrected chi connectivity index (χ3v) is 4.66. The Kier molecular flexibility index (Phi) is 2.57.